The number of hydrogen-bond acceptors (Lipinski definition) is 3. The zero-order valence-corrected chi connectivity index (χ0v) is 16.7. The molecule has 5 rings (SSSR count). The number of halogens is 2. The van der Waals surface area contributed by atoms with E-state index in [0.717, 1.165) is 39.0 Å². The number of hydrogen-bond donors (Lipinski definition) is 0. The minimum Gasteiger partial charge on any atom is -0.272 e. The van der Waals surface area contributed by atoms with Crippen molar-refractivity contribution in [2.75, 3.05) is 0 Å². The minimum atomic E-state index is -2.53. The van der Waals surface area contributed by atoms with Crippen molar-refractivity contribution in [3.63, 3.8) is 0 Å². The molecule has 3 heterocycles. The van der Waals surface area contributed by atoms with Crippen LogP contribution in [0, 0.1) is 12.8 Å². The van der Waals surface area contributed by atoms with E-state index in [1.807, 2.05) is 43.5 Å². The molecule has 152 valence electrons. The van der Waals surface area contributed by atoms with E-state index in [4.69, 9.17) is 4.98 Å². The van der Waals surface area contributed by atoms with Gasteiger partial charge in [0, 0.05) is 59.6 Å². The lowest BCUT2D eigenvalue weighted by Crippen LogP contribution is -2.13. The summed E-state index contributed by atoms with van der Waals surface area (Å²) in [6.45, 7) is 2.49. The van der Waals surface area contributed by atoms with Gasteiger partial charge < -0.3 is 0 Å². The third-order valence-electron chi connectivity index (χ3n) is 5.81. The van der Waals surface area contributed by atoms with Crippen molar-refractivity contribution in [2.45, 2.75) is 38.7 Å². The number of aromatic nitrogens is 4. The molecule has 0 spiro atoms. The maximum Gasteiger partial charge on any atom is 0.248 e. The van der Waals surface area contributed by atoms with E-state index >= 15 is 0 Å². The molecule has 6 heteroatoms. The normalized spacial score (nSPS) is 18.2. The molecule has 30 heavy (non-hydrogen) atoms. The molecule has 0 saturated heterocycles. The molecule has 1 aliphatic rings. The SMILES string of the molecule is Cc1ccc(-c2cnn(C[C@H]3CCC(F)(F)C3)c2)c(-c2ccc3cccnc3c2)n1. The van der Waals surface area contributed by atoms with Gasteiger partial charge in [-0.05, 0) is 37.5 Å². The summed E-state index contributed by atoms with van der Waals surface area (Å²) in [5.74, 6) is -2.56. The van der Waals surface area contributed by atoms with Crippen LogP contribution in [0.4, 0.5) is 8.78 Å². The Kier molecular flexibility index (Phi) is 4.57. The summed E-state index contributed by atoms with van der Waals surface area (Å²) in [5, 5.41) is 5.52. The van der Waals surface area contributed by atoms with Gasteiger partial charge in [-0.25, -0.2) is 8.78 Å². The molecule has 0 aliphatic heterocycles. The Hall–Kier alpha value is -3.15. The van der Waals surface area contributed by atoms with Crippen LogP contribution >= 0.6 is 0 Å². The van der Waals surface area contributed by atoms with Crippen molar-refractivity contribution >= 4 is 10.9 Å². The summed E-state index contributed by atoms with van der Waals surface area (Å²) < 4.78 is 28.8. The molecule has 1 aromatic carbocycles. The number of alkyl halides is 2. The highest BCUT2D eigenvalue weighted by molar-refractivity contribution is 5.87. The first kappa shape index (κ1) is 18.9. The van der Waals surface area contributed by atoms with Gasteiger partial charge in [-0.15, -0.1) is 0 Å². The fraction of sp³-hybridized carbons (Fsp3) is 0.292. The zero-order chi connectivity index (χ0) is 20.7. The second kappa shape index (κ2) is 7.27. The molecule has 3 aromatic heterocycles. The lowest BCUT2D eigenvalue weighted by Gasteiger charge is -2.11. The number of pyridine rings is 2. The molecule has 0 bridgehead atoms. The van der Waals surface area contributed by atoms with Crippen molar-refractivity contribution < 1.29 is 8.78 Å². The maximum atomic E-state index is 13.5. The molecule has 1 saturated carbocycles. The summed E-state index contributed by atoms with van der Waals surface area (Å²) in [6.07, 6.45) is 5.99. The van der Waals surface area contributed by atoms with Crippen molar-refractivity contribution in [3.8, 4) is 22.4 Å². The Balaban J connectivity index is 1.49. The maximum absolute atomic E-state index is 13.5. The van der Waals surface area contributed by atoms with Gasteiger partial charge in [-0.3, -0.25) is 14.6 Å². The van der Waals surface area contributed by atoms with Crippen LogP contribution in [0.3, 0.4) is 0 Å². The van der Waals surface area contributed by atoms with E-state index in [1.54, 1.807) is 17.1 Å². The Morgan fingerprint density at radius 3 is 2.87 bits per heavy atom. The second-order valence-corrected chi connectivity index (χ2v) is 8.18. The molecular formula is C24H22F2N4. The third-order valence-corrected chi connectivity index (χ3v) is 5.81. The van der Waals surface area contributed by atoms with Crippen LogP contribution in [0.2, 0.25) is 0 Å². The van der Waals surface area contributed by atoms with E-state index in [2.05, 4.69) is 22.2 Å². The van der Waals surface area contributed by atoms with Gasteiger partial charge in [0.25, 0.3) is 0 Å². The molecule has 1 fully saturated rings. The van der Waals surface area contributed by atoms with Crippen molar-refractivity contribution in [1.29, 1.82) is 0 Å². The monoisotopic (exact) mass is 404 g/mol. The highest BCUT2D eigenvalue weighted by Crippen LogP contribution is 2.39. The number of rotatable bonds is 4. The van der Waals surface area contributed by atoms with Gasteiger partial charge in [0.15, 0.2) is 0 Å². The Bertz CT molecular complexity index is 1210. The van der Waals surface area contributed by atoms with Crippen molar-refractivity contribution in [1.82, 2.24) is 19.7 Å². The lowest BCUT2D eigenvalue weighted by molar-refractivity contribution is 0.00423. The van der Waals surface area contributed by atoms with Gasteiger partial charge >= 0.3 is 0 Å². The highest BCUT2D eigenvalue weighted by Gasteiger charge is 2.39. The van der Waals surface area contributed by atoms with Crippen LogP contribution in [0.25, 0.3) is 33.3 Å². The van der Waals surface area contributed by atoms with Crippen LogP contribution in [-0.2, 0) is 6.54 Å². The van der Waals surface area contributed by atoms with E-state index in [1.165, 1.54) is 0 Å². The van der Waals surface area contributed by atoms with Crippen molar-refractivity contribution in [3.05, 3.63) is 66.7 Å². The number of benzene rings is 1. The van der Waals surface area contributed by atoms with Gasteiger partial charge in [-0.1, -0.05) is 24.3 Å². The summed E-state index contributed by atoms with van der Waals surface area (Å²) in [6, 6.07) is 14.1. The molecule has 4 nitrogen and oxygen atoms in total. The van der Waals surface area contributed by atoms with Gasteiger partial charge in [0.1, 0.15) is 0 Å². The first-order chi connectivity index (χ1) is 14.5. The lowest BCUT2D eigenvalue weighted by atomic mass is 10.00. The van der Waals surface area contributed by atoms with Crippen molar-refractivity contribution in [2.24, 2.45) is 5.92 Å². The Labute approximate surface area is 173 Å². The zero-order valence-electron chi connectivity index (χ0n) is 16.7. The van der Waals surface area contributed by atoms with E-state index < -0.39 is 5.92 Å². The van der Waals surface area contributed by atoms with Gasteiger partial charge in [0.05, 0.1) is 17.4 Å². The molecule has 4 aromatic rings. The predicted molar refractivity (Wildman–Crippen MR) is 113 cm³/mol. The predicted octanol–water partition coefficient (Wildman–Crippen LogP) is 5.90. The van der Waals surface area contributed by atoms with E-state index in [-0.39, 0.29) is 18.8 Å². The Morgan fingerprint density at radius 2 is 2.03 bits per heavy atom. The summed E-state index contributed by atoms with van der Waals surface area (Å²) >= 11 is 0. The average Bonchev–Trinajstić information content (AvgIpc) is 3.33. The number of nitrogens with zero attached hydrogens (tertiary/aromatic N) is 4. The smallest absolute Gasteiger partial charge is 0.248 e. The second-order valence-electron chi connectivity index (χ2n) is 8.18. The van der Waals surface area contributed by atoms with Crippen LogP contribution in [0.15, 0.2) is 61.1 Å². The van der Waals surface area contributed by atoms with Gasteiger partial charge in [-0.2, -0.15) is 5.10 Å². The largest absolute Gasteiger partial charge is 0.272 e. The van der Waals surface area contributed by atoms with Crippen LogP contribution in [0.5, 0.6) is 0 Å². The average molecular weight is 404 g/mol. The van der Waals surface area contributed by atoms with Crippen LogP contribution in [-0.4, -0.2) is 25.7 Å². The summed E-state index contributed by atoms with van der Waals surface area (Å²) in [7, 11) is 0. The number of aryl methyl sites for hydroxylation is 1. The summed E-state index contributed by atoms with van der Waals surface area (Å²) in [5.41, 5.74) is 5.61. The van der Waals surface area contributed by atoms with Crippen LogP contribution < -0.4 is 0 Å². The molecule has 0 unspecified atom stereocenters. The molecule has 1 atom stereocenters. The minimum absolute atomic E-state index is 0.0200. The van der Waals surface area contributed by atoms with Crippen LogP contribution in [0.1, 0.15) is 25.0 Å². The first-order valence-corrected chi connectivity index (χ1v) is 10.2. The summed E-state index contributed by atoms with van der Waals surface area (Å²) in [4.78, 5) is 9.25. The fourth-order valence-corrected chi connectivity index (χ4v) is 4.29. The molecule has 0 N–H and O–H groups in total. The quantitative estimate of drug-likeness (QED) is 0.425. The molecule has 1 aliphatic carbocycles. The van der Waals surface area contributed by atoms with Gasteiger partial charge in [0.2, 0.25) is 5.92 Å². The molecule has 0 radical (unpaired) electrons. The highest BCUT2D eigenvalue weighted by atomic mass is 19.3. The molecule has 0 amide bonds. The fourth-order valence-electron chi connectivity index (χ4n) is 4.29. The van der Waals surface area contributed by atoms with E-state index in [0.29, 0.717) is 13.0 Å². The number of fused-ring (bicyclic) bond motifs is 1. The van der Waals surface area contributed by atoms with E-state index in [9.17, 15) is 8.78 Å². The topological polar surface area (TPSA) is 43.6 Å². The standard InChI is InChI=1S/C24H22F2N4/c1-16-4-7-21(20-13-28-30(15-20)14-17-8-9-24(25,26)12-17)23(29-16)19-6-5-18-3-2-10-27-22(18)11-19/h2-7,10-11,13,15,17H,8-9,12,14H2,1H3/t17-/m0/s1. The Morgan fingerprint density at radius 1 is 1.13 bits per heavy atom. The molecular weight excluding hydrogens is 382 g/mol. The first-order valence-electron chi connectivity index (χ1n) is 10.2. The third kappa shape index (κ3) is 3.70.